The van der Waals surface area contributed by atoms with Gasteiger partial charge in [-0.25, -0.2) is 8.42 Å². The number of aromatic nitrogens is 1. The first kappa shape index (κ1) is 16.9. The van der Waals surface area contributed by atoms with Crippen molar-refractivity contribution in [2.75, 3.05) is 13.1 Å². The zero-order valence-electron chi connectivity index (χ0n) is 13.8. The molecule has 0 unspecified atom stereocenters. The molecule has 1 N–H and O–H groups in total. The number of carbonyl (C=O) groups is 1. The van der Waals surface area contributed by atoms with Crippen LogP contribution in [0.25, 0.3) is 10.9 Å². The van der Waals surface area contributed by atoms with Crippen LogP contribution in [0.1, 0.15) is 25.3 Å². The van der Waals surface area contributed by atoms with Crippen LogP contribution in [0, 0.1) is 6.92 Å². The zero-order valence-corrected chi connectivity index (χ0v) is 14.6. The lowest BCUT2D eigenvalue weighted by atomic mass is 10.2. The number of carbonyl (C=O) groups excluding carboxylic acids is 1. The predicted molar refractivity (Wildman–Crippen MR) is 92.1 cm³/mol. The lowest BCUT2D eigenvalue weighted by Gasteiger charge is -2.21. The largest absolute Gasteiger partial charge is 0.341 e. The number of sulfonamides is 1. The zero-order chi connectivity index (χ0) is 17.3. The van der Waals surface area contributed by atoms with Gasteiger partial charge in [0.25, 0.3) is 0 Å². The van der Waals surface area contributed by atoms with Gasteiger partial charge in [-0.1, -0.05) is 12.1 Å². The van der Waals surface area contributed by atoms with E-state index in [-0.39, 0.29) is 10.8 Å². The Hall–Kier alpha value is -1.99. The summed E-state index contributed by atoms with van der Waals surface area (Å²) in [4.78, 5) is 18.4. The normalized spacial score (nSPS) is 16.5. The predicted octanol–water partition coefficient (Wildman–Crippen LogP) is 1.83. The third kappa shape index (κ3) is 3.27. The monoisotopic (exact) mass is 347 g/mol. The van der Waals surface area contributed by atoms with Crippen molar-refractivity contribution in [1.82, 2.24) is 14.6 Å². The first-order chi connectivity index (χ1) is 11.4. The van der Waals surface area contributed by atoms with Gasteiger partial charge < -0.3 is 4.90 Å². The molecule has 2 heterocycles. The third-order valence-electron chi connectivity index (χ3n) is 4.22. The van der Waals surface area contributed by atoms with Crippen LogP contribution in [0.5, 0.6) is 0 Å². The summed E-state index contributed by atoms with van der Waals surface area (Å²) >= 11 is 0. The van der Waals surface area contributed by atoms with Crippen LogP contribution in [0.2, 0.25) is 0 Å². The van der Waals surface area contributed by atoms with E-state index >= 15 is 0 Å². The summed E-state index contributed by atoms with van der Waals surface area (Å²) in [5.41, 5.74) is 1.37. The molecule has 2 aromatic rings. The van der Waals surface area contributed by atoms with Gasteiger partial charge in [-0.3, -0.25) is 9.78 Å². The Labute approximate surface area is 141 Å². The molecule has 3 rings (SSSR count). The summed E-state index contributed by atoms with van der Waals surface area (Å²) in [5.74, 6) is -0.180. The van der Waals surface area contributed by atoms with E-state index in [0.717, 1.165) is 23.8 Å². The van der Waals surface area contributed by atoms with Crippen LogP contribution in [0.15, 0.2) is 35.4 Å². The average Bonchev–Trinajstić information content (AvgIpc) is 3.07. The Bertz CT molecular complexity index is 874. The number of aryl methyl sites for hydroxylation is 1. The number of nitrogens with one attached hydrogen (secondary N) is 1. The quantitative estimate of drug-likeness (QED) is 0.915. The summed E-state index contributed by atoms with van der Waals surface area (Å²) < 4.78 is 28.0. The fourth-order valence-corrected chi connectivity index (χ4v) is 4.39. The van der Waals surface area contributed by atoms with E-state index in [1.807, 2.05) is 19.1 Å². The highest BCUT2D eigenvalue weighted by atomic mass is 32.2. The number of hydrogen-bond acceptors (Lipinski definition) is 4. The molecule has 128 valence electrons. The summed E-state index contributed by atoms with van der Waals surface area (Å²) in [6.07, 6.45) is 3.58. The molecule has 0 saturated carbocycles. The van der Waals surface area contributed by atoms with Crippen LogP contribution in [0.4, 0.5) is 0 Å². The fraction of sp³-hybridized carbons (Fsp3) is 0.412. The molecule has 7 heteroatoms. The maximum absolute atomic E-state index is 12.7. The number of hydrogen-bond donors (Lipinski definition) is 1. The molecule has 1 aromatic carbocycles. The first-order valence-corrected chi connectivity index (χ1v) is 9.53. The van der Waals surface area contributed by atoms with Crippen molar-refractivity contribution in [2.24, 2.45) is 0 Å². The minimum atomic E-state index is -3.83. The number of nitrogens with zero attached hydrogens (tertiary/aromatic N) is 2. The van der Waals surface area contributed by atoms with Gasteiger partial charge in [0, 0.05) is 24.7 Å². The number of rotatable bonds is 4. The van der Waals surface area contributed by atoms with Crippen LogP contribution in [-0.2, 0) is 14.8 Å². The number of likely N-dealkylation sites (tertiary alicyclic amines) is 1. The van der Waals surface area contributed by atoms with E-state index < -0.39 is 16.1 Å². The summed E-state index contributed by atoms with van der Waals surface area (Å²) in [7, 11) is -3.83. The second-order valence-electron chi connectivity index (χ2n) is 6.22. The number of amides is 1. The molecule has 1 aromatic heterocycles. The highest BCUT2D eigenvalue weighted by molar-refractivity contribution is 7.89. The highest BCUT2D eigenvalue weighted by Crippen LogP contribution is 2.22. The van der Waals surface area contributed by atoms with Crippen LogP contribution in [-0.4, -0.2) is 43.3 Å². The third-order valence-corrected chi connectivity index (χ3v) is 5.79. The van der Waals surface area contributed by atoms with Crippen LogP contribution in [0.3, 0.4) is 0 Å². The number of para-hydroxylation sites is 1. The van der Waals surface area contributed by atoms with Gasteiger partial charge in [0.2, 0.25) is 15.9 Å². The molecule has 0 spiro atoms. The standard InChI is InChI=1S/C17H21N3O3S/c1-12-10-14-6-5-7-15(16(14)18-11-12)24(22,23)19-13(2)17(21)20-8-3-4-9-20/h5-7,10-11,13,19H,3-4,8-9H2,1-2H3/t13-/m1/s1. The summed E-state index contributed by atoms with van der Waals surface area (Å²) in [5, 5.41) is 0.761. The van der Waals surface area contributed by atoms with Crippen molar-refractivity contribution < 1.29 is 13.2 Å². The van der Waals surface area contributed by atoms with Crippen molar-refractivity contribution >= 4 is 26.8 Å². The van der Waals surface area contributed by atoms with Crippen molar-refractivity contribution in [1.29, 1.82) is 0 Å². The molecule has 0 bridgehead atoms. The molecule has 1 atom stereocenters. The number of benzene rings is 1. The van der Waals surface area contributed by atoms with Gasteiger partial charge in [-0.15, -0.1) is 0 Å². The van der Waals surface area contributed by atoms with Gasteiger partial charge >= 0.3 is 0 Å². The Morgan fingerprint density at radius 3 is 2.71 bits per heavy atom. The van der Waals surface area contributed by atoms with E-state index in [9.17, 15) is 13.2 Å². The molecule has 0 aliphatic carbocycles. The van der Waals surface area contributed by atoms with Gasteiger partial charge in [0.1, 0.15) is 4.90 Å². The van der Waals surface area contributed by atoms with Gasteiger partial charge in [0.15, 0.2) is 0 Å². The minimum absolute atomic E-state index is 0.0982. The average molecular weight is 347 g/mol. The maximum Gasteiger partial charge on any atom is 0.243 e. The minimum Gasteiger partial charge on any atom is -0.341 e. The molecular formula is C17H21N3O3S. The van der Waals surface area contributed by atoms with E-state index in [4.69, 9.17) is 0 Å². The summed E-state index contributed by atoms with van der Waals surface area (Å²) in [6, 6.07) is 6.12. The molecule has 6 nitrogen and oxygen atoms in total. The van der Waals surface area contributed by atoms with Crippen molar-refractivity contribution in [3.8, 4) is 0 Å². The molecule has 1 amide bonds. The molecule has 0 radical (unpaired) electrons. The number of pyridine rings is 1. The molecule has 1 fully saturated rings. The Balaban J connectivity index is 1.89. The lowest BCUT2D eigenvalue weighted by Crippen LogP contribution is -2.45. The highest BCUT2D eigenvalue weighted by Gasteiger charge is 2.28. The Kier molecular flexibility index (Phi) is 4.56. The van der Waals surface area contributed by atoms with E-state index in [0.29, 0.717) is 18.6 Å². The van der Waals surface area contributed by atoms with Crippen molar-refractivity contribution in [2.45, 2.75) is 37.6 Å². The van der Waals surface area contributed by atoms with Crippen molar-refractivity contribution in [3.63, 3.8) is 0 Å². The van der Waals surface area contributed by atoms with Crippen LogP contribution < -0.4 is 4.72 Å². The second-order valence-corrected chi connectivity index (χ2v) is 7.90. The van der Waals surface area contributed by atoms with Gasteiger partial charge in [-0.2, -0.15) is 4.72 Å². The smallest absolute Gasteiger partial charge is 0.243 e. The molecular weight excluding hydrogens is 326 g/mol. The Morgan fingerprint density at radius 2 is 2.00 bits per heavy atom. The SMILES string of the molecule is Cc1cnc2c(S(=O)(=O)N[C@H](C)C(=O)N3CCCC3)cccc2c1. The lowest BCUT2D eigenvalue weighted by molar-refractivity contribution is -0.131. The topological polar surface area (TPSA) is 79.4 Å². The molecule has 24 heavy (non-hydrogen) atoms. The maximum atomic E-state index is 12.7. The second kappa shape index (κ2) is 6.49. The van der Waals surface area contributed by atoms with E-state index in [2.05, 4.69) is 9.71 Å². The van der Waals surface area contributed by atoms with Crippen molar-refractivity contribution in [3.05, 3.63) is 36.0 Å². The molecule has 1 saturated heterocycles. The van der Waals surface area contributed by atoms with E-state index in [1.54, 1.807) is 24.1 Å². The van der Waals surface area contributed by atoms with Gasteiger partial charge in [-0.05, 0) is 44.4 Å². The summed E-state index contributed by atoms with van der Waals surface area (Å²) in [6.45, 7) is 4.88. The molecule has 1 aliphatic rings. The molecule has 1 aliphatic heterocycles. The Morgan fingerprint density at radius 1 is 1.29 bits per heavy atom. The first-order valence-electron chi connectivity index (χ1n) is 8.05. The fourth-order valence-electron chi connectivity index (χ4n) is 3.02. The van der Waals surface area contributed by atoms with E-state index in [1.165, 1.54) is 6.07 Å². The number of fused-ring (bicyclic) bond motifs is 1. The van der Waals surface area contributed by atoms with Gasteiger partial charge in [0.05, 0.1) is 11.6 Å². The van der Waals surface area contributed by atoms with Crippen LogP contribution >= 0.6 is 0 Å².